The molecule has 0 aliphatic rings. The minimum absolute atomic E-state index is 0.0853. The van der Waals surface area contributed by atoms with Crippen LogP contribution in [0.5, 0.6) is 0 Å². The van der Waals surface area contributed by atoms with Crippen molar-refractivity contribution in [2.45, 2.75) is 39.5 Å². The summed E-state index contributed by atoms with van der Waals surface area (Å²) >= 11 is 0. The average Bonchev–Trinajstić information content (AvgIpc) is 2.65. The first-order valence-electron chi connectivity index (χ1n) is 9.42. The van der Waals surface area contributed by atoms with E-state index in [1.165, 1.54) is 0 Å². The van der Waals surface area contributed by atoms with Crippen LogP contribution in [0.15, 0.2) is 60.7 Å². The zero-order chi connectivity index (χ0) is 19.9. The Kier molecular flexibility index (Phi) is 7.81. The van der Waals surface area contributed by atoms with Crippen LogP contribution in [0.25, 0.3) is 0 Å². The Labute approximate surface area is 163 Å². The van der Waals surface area contributed by atoms with Crippen molar-refractivity contribution < 1.29 is 13.8 Å². The van der Waals surface area contributed by atoms with E-state index in [2.05, 4.69) is 38.2 Å². The predicted molar refractivity (Wildman–Crippen MR) is 113 cm³/mol. The third kappa shape index (κ3) is 5.52. The first kappa shape index (κ1) is 21.8. The molecule has 5 heteroatoms. The lowest BCUT2D eigenvalue weighted by Gasteiger charge is -2.39. The molecule has 1 N–H and O–H groups in total. The summed E-state index contributed by atoms with van der Waals surface area (Å²) < 4.78 is 25.6. The van der Waals surface area contributed by atoms with Gasteiger partial charge in [-0.1, -0.05) is 69.3 Å². The summed E-state index contributed by atoms with van der Waals surface area (Å²) in [5.74, 6) is -0.368. The van der Waals surface area contributed by atoms with Gasteiger partial charge in [0.1, 0.15) is 0 Å². The van der Waals surface area contributed by atoms with Gasteiger partial charge >= 0.3 is 0 Å². The van der Waals surface area contributed by atoms with Crippen LogP contribution in [0.3, 0.4) is 0 Å². The maximum absolute atomic E-state index is 14.2. The van der Waals surface area contributed by atoms with E-state index >= 15 is 0 Å². The van der Waals surface area contributed by atoms with Gasteiger partial charge in [0.25, 0.3) is 0 Å². The Hall–Kier alpha value is -1.45. The van der Waals surface area contributed by atoms with Crippen molar-refractivity contribution in [2.24, 2.45) is 5.41 Å². The molecule has 0 aliphatic carbocycles. The highest BCUT2D eigenvalue weighted by atomic mass is 31.2. The highest BCUT2D eigenvalue weighted by Crippen LogP contribution is 2.56. The van der Waals surface area contributed by atoms with Crippen LogP contribution in [0, 0.1) is 5.41 Å². The highest BCUT2D eigenvalue weighted by Gasteiger charge is 2.44. The van der Waals surface area contributed by atoms with Gasteiger partial charge < -0.3 is 9.26 Å². The van der Waals surface area contributed by atoms with Gasteiger partial charge in [0.15, 0.2) is 0 Å². The molecule has 0 bridgehead atoms. The maximum atomic E-state index is 14.2. The first-order chi connectivity index (χ1) is 12.8. The lowest BCUT2D eigenvalue weighted by molar-refractivity contribution is 0.153. The molecule has 2 rings (SSSR count). The standard InChI is InChI=1S/C22H32NO3P/c1-6-26-27(24,19-15-11-8-12-16-19)21(22(2,3)4)23-20(17-25-5)18-13-9-7-10-14-18/h7-16,20-21,23H,6,17H2,1-5H3/t20-,21?,27?/m0/s1. The number of methoxy groups -OCH3 is 1. The van der Waals surface area contributed by atoms with Gasteiger partial charge in [-0.2, -0.15) is 0 Å². The van der Waals surface area contributed by atoms with Crippen LogP contribution in [0.2, 0.25) is 0 Å². The molecular weight excluding hydrogens is 357 g/mol. The topological polar surface area (TPSA) is 47.6 Å². The lowest BCUT2D eigenvalue weighted by Crippen LogP contribution is -2.45. The summed E-state index contributed by atoms with van der Waals surface area (Å²) in [5.41, 5.74) is 0.811. The largest absolute Gasteiger partial charge is 0.383 e. The van der Waals surface area contributed by atoms with Crippen LogP contribution in [0.4, 0.5) is 0 Å². The fourth-order valence-corrected chi connectivity index (χ4v) is 6.23. The molecule has 27 heavy (non-hydrogen) atoms. The number of rotatable bonds is 9. The lowest BCUT2D eigenvalue weighted by atomic mass is 9.95. The van der Waals surface area contributed by atoms with E-state index in [0.29, 0.717) is 13.2 Å². The van der Waals surface area contributed by atoms with Crippen molar-refractivity contribution >= 4 is 12.7 Å². The molecule has 2 aromatic carbocycles. The van der Waals surface area contributed by atoms with Crippen LogP contribution in [-0.4, -0.2) is 26.1 Å². The second kappa shape index (κ2) is 9.66. The first-order valence-corrected chi connectivity index (χ1v) is 11.1. The van der Waals surface area contributed by atoms with Crippen LogP contribution < -0.4 is 10.6 Å². The van der Waals surface area contributed by atoms with Crippen LogP contribution in [0.1, 0.15) is 39.3 Å². The second-order valence-corrected chi connectivity index (χ2v) is 10.2. The Morgan fingerprint density at radius 1 is 1.00 bits per heavy atom. The summed E-state index contributed by atoms with van der Waals surface area (Å²) in [7, 11) is -1.48. The molecule has 2 unspecified atom stereocenters. The Morgan fingerprint density at radius 3 is 2.04 bits per heavy atom. The normalized spacial score (nSPS) is 16.5. The fraction of sp³-hybridized carbons (Fsp3) is 0.455. The molecule has 2 aromatic rings. The Bertz CT molecular complexity index is 728. The monoisotopic (exact) mass is 389 g/mol. The zero-order valence-electron chi connectivity index (χ0n) is 17.0. The van der Waals surface area contributed by atoms with Gasteiger partial charge in [-0.25, -0.2) is 0 Å². The van der Waals surface area contributed by atoms with Crippen molar-refractivity contribution in [3.05, 3.63) is 66.2 Å². The molecule has 0 amide bonds. The fourth-order valence-electron chi connectivity index (χ4n) is 3.27. The van der Waals surface area contributed by atoms with Crippen molar-refractivity contribution in [3.8, 4) is 0 Å². The van der Waals surface area contributed by atoms with Crippen molar-refractivity contribution in [1.82, 2.24) is 5.32 Å². The van der Waals surface area contributed by atoms with E-state index in [4.69, 9.17) is 9.26 Å². The number of ether oxygens (including phenoxy) is 1. The third-order valence-corrected chi connectivity index (χ3v) is 7.75. The van der Waals surface area contributed by atoms with Gasteiger partial charge in [-0.05, 0) is 30.0 Å². The van der Waals surface area contributed by atoms with E-state index in [1.807, 2.05) is 55.5 Å². The molecule has 3 atom stereocenters. The van der Waals surface area contributed by atoms with Gasteiger partial charge in [0.2, 0.25) is 7.37 Å². The number of benzene rings is 2. The van der Waals surface area contributed by atoms with E-state index in [1.54, 1.807) is 7.11 Å². The highest BCUT2D eigenvalue weighted by molar-refractivity contribution is 7.67. The molecule has 0 saturated carbocycles. The third-order valence-electron chi connectivity index (χ3n) is 4.49. The van der Waals surface area contributed by atoms with E-state index in [-0.39, 0.29) is 17.2 Å². The van der Waals surface area contributed by atoms with Crippen molar-refractivity contribution in [1.29, 1.82) is 0 Å². The van der Waals surface area contributed by atoms with Crippen LogP contribution in [-0.2, 0) is 13.8 Å². The summed E-state index contributed by atoms with van der Waals surface area (Å²) in [4.78, 5) is 0. The molecule has 0 aromatic heterocycles. The average molecular weight is 389 g/mol. The molecule has 148 valence electrons. The minimum atomic E-state index is -3.17. The summed E-state index contributed by atoms with van der Waals surface area (Å²) in [5, 5.41) is 4.36. The predicted octanol–water partition coefficient (Wildman–Crippen LogP) is 4.98. The number of nitrogens with one attached hydrogen (secondary N) is 1. The molecule has 4 nitrogen and oxygen atoms in total. The number of hydrogen-bond acceptors (Lipinski definition) is 4. The minimum Gasteiger partial charge on any atom is -0.383 e. The second-order valence-electron chi connectivity index (χ2n) is 7.70. The van der Waals surface area contributed by atoms with E-state index in [0.717, 1.165) is 10.9 Å². The number of hydrogen-bond donors (Lipinski definition) is 1. The van der Waals surface area contributed by atoms with Gasteiger partial charge in [0, 0.05) is 12.4 Å². The Balaban J connectivity index is 2.48. The molecule has 0 saturated heterocycles. The van der Waals surface area contributed by atoms with Gasteiger partial charge in [-0.15, -0.1) is 0 Å². The summed E-state index contributed by atoms with van der Waals surface area (Å²) in [6.45, 7) is 9.04. The molecule has 0 spiro atoms. The van der Waals surface area contributed by atoms with Crippen LogP contribution >= 0.6 is 7.37 Å². The molecular formula is C22H32NO3P. The maximum Gasteiger partial charge on any atom is 0.249 e. The molecule has 0 fully saturated rings. The zero-order valence-corrected chi connectivity index (χ0v) is 17.9. The van der Waals surface area contributed by atoms with Crippen molar-refractivity contribution in [3.63, 3.8) is 0 Å². The molecule has 0 heterocycles. The quantitative estimate of drug-likeness (QED) is 0.615. The van der Waals surface area contributed by atoms with Crippen molar-refractivity contribution in [2.75, 3.05) is 20.3 Å². The van der Waals surface area contributed by atoms with Gasteiger partial charge in [-0.3, -0.25) is 9.88 Å². The smallest absolute Gasteiger partial charge is 0.249 e. The van der Waals surface area contributed by atoms with Gasteiger partial charge in [0.05, 0.1) is 25.0 Å². The SMILES string of the molecule is CCOP(=O)(c1ccccc1)C(N[C@@H](COC)c1ccccc1)C(C)(C)C. The molecule has 0 radical (unpaired) electrons. The van der Waals surface area contributed by atoms with E-state index in [9.17, 15) is 4.57 Å². The van der Waals surface area contributed by atoms with E-state index < -0.39 is 7.37 Å². The summed E-state index contributed by atoms with van der Waals surface area (Å²) in [6.07, 6.45) is 0. The Morgan fingerprint density at radius 2 is 1.56 bits per heavy atom. The molecule has 0 aliphatic heterocycles. The summed E-state index contributed by atoms with van der Waals surface area (Å²) in [6, 6.07) is 19.6.